The molecule has 1 N–H and O–H groups in total. The van der Waals surface area contributed by atoms with E-state index in [1.54, 1.807) is 6.07 Å². The lowest BCUT2D eigenvalue weighted by Gasteiger charge is -2.15. The Bertz CT molecular complexity index is 1110. The minimum Gasteiger partial charge on any atom is -0.339 e. The third-order valence-corrected chi connectivity index (χ3v) is 4.86. The van der Waals surface area contributed by atoms with Crippen molar-refractivity contribution in [1.82, 2.24) is 35.3 Å². The van der Waals surface area contributed by atoms with Gasteiger partial charge in [-0.3, -0.25) is 0 Å². The Balaban J connectivity index is 1.32. The number of nitrogens with zero attached hydrogens (tertiary/aromatic N) is 6. The zero-order chi connectivity index (χ0) is 19.1. The Morgan fingerprint density at radius 3 is 2.82 bits per heavy atom. The molecule has 1 aromatic carbocycles. The molecule has 0 spiro atoms. The van der Waals surface area contributed by atoms with Crippen molar-refractivity contribution in [2.45, 2.75) is 31.6 Å². The van der Waals surface area contributed by atoms with Gasteiger partial charge in [-0.1, -0.05) is 11.2 Å². The number of aryl methyl sites for hydroxylation is 1. The first-order chi connectivity index (χ1) is 13.7. The predicted octanol–water partition coefficient (Wildman–Crippen LogP) is 2.51. The minimum atomic E-state index is -0.680. The molecule has 0 radical (unpaired) electrons. The monoisotopic (exact) mass is 383 g/mol. The van der Waals surface area contributed by atoms with E-state index in [0.29, 0.717) is 30.3 Å². The van der Waals surface area contributed by atoms with Crippen LogP contribution in [-0.4, -0.2) is 35.3 Å². The highest BCUT2D eigenvalue weighted by Gasteiger charge is 2.27. The molecule has 1 aliphatic carbocycles. The fourth-order valence-corrected chi connectivity index (χ4v) is 3.45. The summed E-state index contributed by atoms with van der Waals surface area (Å²) in [6.07, 6.45) is 4.18. The number of hydrogen-bond acceptors (Lipinski definition) is 6. The average Bonchev–Trinajstić information content (AvgIpc) is 3.42. The standard InChI is InChI=1S/C18H15F2N7O/c19-12-2-1-3-13(20)17(12)27-7-6-11(24-27)9-16-21-18(28-25-16)10-4-5-14-15(8-10)23-26-22-14/h1-3,6-7,10H,4-5,8-9H2,(H,22,23,26). The quantitative estimate of drug-likeness (QED) is 0.581. The zero-order valence-electron chi connectivity index (χ0n) is 14.6. The fourth-order valence-electron chi connectivity index (χ4n) is 3.45. The molecular formula is C18H15F2N7O. The van der Waals surface area contributed by atoms with Crippen LogP contribution >= 0.6 is 0 Å². The van der Waals surface area contributed by atoms with Crippen LogP contribution in [-0.2, 0) is 19.3 Å². The van der Waals surface area contributed by atoms with Crippen molar-refractivity contribution in [2.75, 3.05) is 0 Å². The Labute approximate surface area is 157 Å². The van der Waals surface area contributed by atoms with Gasteiger partial charge in [-0.05, 0) is 31.0 Å². The SMILES string of the molecule is Fc1cccc(F)c1-n1ccc(Cc2noc(C3CCc4n[nH]nc4C3)n2)n1. The molecule has 28 heavy (non-hydrogen) atoms. The number of nitrogens with one attached hydrogen (secondary N) is 1. The topological polar surface area (TPSA) is 98.3 Å². The van der Waals surface area contributed by atoms with Crippen molar-refractivity contribution in [2.24, 2.45) is 0 Å². The van der Waals surface area contributed by atoms with Crippen molar-refractivity contribution < 1.29 is 13.3 Å². The van der Waals surface area contributed by atoms with Gasteiger partial charge >= 0.3 is 0 Å². The fraction of sp³-hybridized carbons (Fsp3) is 0.278. The third kappa shape index (κ3) is 2.96. The van der Waals surface area contributed by atoms with Gasteiger partial charge in [-0.2, -0.15) is 25.5 Å². The summed E-state index contributed by atoms with van der Waals surface area (Å²) >= 11 is 0. The van der Waals surface area contributed by atoms with Crippen LogP contribution in [0.1, 0.15) is 41.1 Å². The van der Waals surface area contributed by atoms with Crippen LogP contribution in [0.3, 0.4) is 0 Å². The number of fused-ring (bicyclic) bond motifs is 1. The Kier molecular flexibility index (Phi) is 3.96. The molecule has 0 saturated carbocycles. The normalized spacial score (nSPS) is 16.3. The lowest BCUT2D eigenvalue weighted by molar-refractivity contribution is 0.336. The molecule has 0 fully saturated rings. The maximum atomic E-state index is 13.9. The van der Waals surface area contributed by atoms with Gasteiger partial charge in [0.1, 0.15) is 5.69 Å². The van der Waals surface area contributed by atoms with Gasteiger partial charge in [0.25, 0.3) is 0 Å². The average molecular weight is 383 g/mol. The summed E-state index contributed by atoms with van der Waals surface area (Å²) < 4.78 is 34.4. The van der Waals surface area contributed by atoms with E-state index in [0.717, 1.165) is 24.2 Å². The maximum absolute atomic E-state index is 13.9. The molecule has 0 saturated heterocycles. The summed E-state index contributed by atoms with van der Waals surface area (Å²) in [6, 6.07) is 5.36. The Hall–Kier alpha value is -3.43. The largest absolute Gasteiger partial charge is 0.339 e. The first-order valence-electron chi connectivity index (χ1n) is 8.87. The van der Waals surface area contributed by atoms with Crippen LogP contribution in [0.25, 0.3) is 5.69 Å². The Morgan fingerprint density at radius 1 is 1.14 bits per heavy atom. The first-order valence-corrected chi connectivity index (χ1v) is 8.87. The molecule has 3 heterocycles. The molecule has 1 atom stereocenters. The van der Waals surface area contributed by atoms with Crippen LogP contribution in [0.2, 0.25) is 0 Å². The number of aromatic nitrogens is 7. The molecule has 0 aliphatic heterocycles. The molecule has 8 nitrogen and oxygen atoms in total. The number of aromatic amines is 1. The number of benzene rings is 1. The van der Waals surface area contributed by atoms with E-state index >= 15 is 0 Å². The van der Waals surface area contributed by atoms with Gasteiger partial charge < -0.3 is 4.52 Å². The van der Waals surface area contributed by atoms with Crippen molar-refractivity contribution in [3.05, 3.63) is 70.9 Å². The number of rotatable bonds is 4. The summed E-state index contributed by atoms with van der Waals surface area (Å²) in [4.78, 5) is 4.47. The summed E-state index contributed by atoms with van der Waals surface area (Å²) in [7, 11) is 0. The molecule has 5 rings (SSSR count). The molecule has 0 amide bonds. The summed E-state index contributed by atoms with van der Waals surface area (Å²) in [5.41, 5.74) is 2.29. The van der Waals surface area contributed by atoms with Crippen molar-refractivity contribution in [3.8, 4) is 5.69 Å². The smallest absolute Gasteiger partial charge is 0.230 e. The molecule has 10 heteroatoms. The van der Waals surface area contributed by atoms with Crippen LogP contribution in [0.15, 0.2) is 35.0 Å². The van der Waals surface area contributed by atoms with Crippen molar-refractivity contribution >= 4 is 0 Å². The van der Waals surface area contributed by atoms with Gasteiger partial charge in [0.15, 0.2) is 17.5 Å². The van der Waals surface area contributed by atoms with Crippen molar-refractivity contribution in [3.63, 3.8) is 0 Å². The number of para-hydroxylation sites is 1. The summed E-state index contributed by atoms with van der Waals surface area (Å²) in [5.74, 6) is -0.227. The number of halogens is 2. The molecule has 3 aromatic heterocycles. The number of H-pyrrole nitrogens is 1. The lowest BCUT2D eigenvalue weighted by atomic mass is 9.90. The van der Waals surface area contributed by atoms with Gasteiger partial charge in [0.2, 0.25) is 5.89 Å². The summed E-state index contributed by atoms with van der Waals surface area (Å²) in [5, 5.41) is 19.2. The second-order valence-electron chi connectivity index (χ2n) is 6.70. The third-order valence-electron chi connectivity index (χ3n) is 4.86. The lowest BCUT2D eigenvalue weighted by Crippen LogP contribution is -2.13. The van der Waals surface area contributed by atoms with Gasteiger partial charge in [0, 0.05) is 18.5 Å². The highest BCUT2D eigenvalue weighted by Crippen LogP contribution is 2.29. The van der Waals surface area contributed by atoms with Crippen LogP contribution in [0.5, 0.6) is 0 Å². The predicted molar refractivity (Wildman–Crippen MR) is 91.7 cm³/mol. The van der Waals surface area contributed by atoms with Crippen LogP contribution in [0, 0.1) is 11.6 Å². The van der Waals surface area contributed by atoms with E-state index in [-0.39, 0.29) is 11.6 Å². The van der Waals surface area contributed by atoms with Crippen LogP contribution in [0.4, 0.5) is 8.78 Å². The Morgan fingerprint density at radius 2 is 1.96 bits per heavy atom. The molecule has 1 aliphatic rings. The molecule has 1 unspecified atom stereocenters. The molecular weight excluding hydrogens is 368 g/mol. The van der Waals surface area contributed by atoms with Crippen LogP contribution < -0.4 is 0 Å². The minimum absolute atomic E-state index is 0.101. The van der Waals surface area contributed by atoms with E-state index in [1.807, 2.05) is 0 Å². The second kappa shape index (κ2) is 6.63. The van der Waals surface area contributed by atoms with E-state index in [2.05, 4.69) is 30.7 Å². The van der Waals surface area contributed by atoms with Gasteiger partial charge in [0.05, 0.1) is 23.5 Å². The van der Waals surface area contributed by atoms with Crippen molar-refractivity contribution in [1.29, 1.82) is 0 Å². The first kappa shape index (κ1) is 16.7. The van der Waals surface area contributed by atoms with Gasteiger partial charge in [-0.15, -0.1) is 0 Å². The zero-order valence-corrected chi connectivity index (χ0v) is 14.6. The highest BCUT2D eigenvalue weighted by atomic mass is 19.1. The molecule has 142 valence electrons. The van der Waals surface area contributed by atoms with E-state index in [4.69, 9.17) is 4.52 Å². The molecule has 4 aromatic rings. The van der Waals surface area contributed by atoms with Gasteiger partial charge in [-0.25, -0.2) is 13.5 Å². The molecule has 0 bridgehead atoms. The summed E-state index contributed by atoms with van der Waals surface area (Å²) in [6.45, 7) is 0. The van der Waals surface area contributed by atoms with E-state index < -0.39 is 11.6 Å². The second-order valence-corrected chi connectivity index (χ2v) is 6.70. The number of hydrogen-bond donors (Lipinski definition) is 1. The van der Waals surface area contributed by atoms with E-state index in [1.165, 1.54) is 29.1 Å². The highest BCUT2D eigenvalue weighted by molar-refractivity contribution is 5.34. The van der Waals surface area contributed by atoms with E-state index in [9.17, 15) is 8.78 Å². The maximum Gasteiger partial charge on any atom is 0.230 e.